The van der Waals surface area contributed by atoms with Gasteiger partial charge in [0.05, 0.1) is 0 Å². The maximum atomic E-state index is 10.6. The van der Waals surface area contributed by atoms with Crippen LogP contribution < -0.4 is 5.73 Å². The second-order valence-corrected chi connectivity index (χ2v) is 2.28. The van der Waals surface area contributed by atoms with Gasteiger partial charge < -0.3 is 10.6 Å². The van der Waals surface area contributed by atoms with E-state index in [2.05, 4.69) is 0 Å². The van der Waals surface area contributed by atoms with Gasteiger partial charge >= 0.3 is 5.97 Å². The molecule has 1 aliphatic heterocycles. The average Bonchev–Trinajstić information content (AvgIpc) is 1.88. The van der Waals surface area contributed by atoms with E-state index in [-0.39, 0.29) is 5.97 Å². The molecule has 58 valence electrons. The summed E-state index contributed by atoms with van der Waals surface area (Å²) < 4.78 is 0. The number of carbonyl (C=O) groups is 1. The third-order valence-electron chi connectivity index (χ3n) is 1.40. The molecule has 1 heterocycles. The fraction of sp³-hybridized carbons (Fsp3) is 0.833. The van der Waals surface area contributed by atoms with Crippen LogP contribution in [0.5, 0.6) is 0 Å². The van der Waals surface area contributed by atoms with Crippen LogP contribution in [0.4, 0.5) is 0 Å². The van der Waals surface area contributed by atoms with Crippen molar-refractivity contribution in [3.05, 3.63) is 0 Å². The van der Waals surface area contributed by atoms with Crippen LogP contribution in [0.3, 0.4) is 0 Å². The summed E-state index contributed by atoms with van der Waals surface area (Å²) in [5.74, 6) is -0.139. The fourth-order valence-corrected chi connectivity index (χ4v) is 0.936. The Morgan fingerprint density at radius 2 is 2.50 bits per heavy atom. The number of hydrogen-bond acceptors (Lipinski definition) is 4. The van der Waals surface area contributed by atoms with E-state index in [4.69, 9.17) is 10.6 Å². The zero-order valence-corrected chi connectivity index (χ0v) is 5.88. The number of hydrogen-bond donors (Lipinski definition) is 1. The minimum Gasteiger partial charge on any atom is -0.368 e. The van der Waals surface area contributed by atoms with E-state index in [9.17, 15) is 4.79 Å². The SMILES string of the molecule is NCCN1CCCC(=O)O1. The molecule has 0 atom stereocenters. The summed E-state index contributed by atoms with van der Waals surface area (Å²) in [6.07, 6.45) is 1.43. The molecule has 0 unspecified atom stereocenters. The minimum atomic E-state index is -0.139. The number of nitrogens with two attached hydrogens (primary N) is 1. The molecule has 2 N–H and O–H groups in total. The summed E-state index contributed by atoms with van der Waals surface area (Å²) in [6, 6.07) is 0. The summed E-state index contributed by atoms with van der Waals surface area (Å²) in [7, 11) is 0. The predicted octanol–water partition coefficient (Wildman–Crippen LogP) is -0.501. The monoisotopic (exact) mass is 144 g/mol. The zero-order chi connectivity index (χ0) is 7.40. The van der Waals surface area contributed by atoms with Gasteiger partial charge in [-0.3, -0.25) is 4.79 Å². The molecule has 0 spiro atoms. The van der Waals surface area contributed by atoms with E-state index < -0.39 is 0 Å². The van der Waals surface area contributed by atoms with Crippen LogP contribution in [0.2, 0.25) is 0 Å². The normalized spacial score (nSPS) is 20.7. The van der Waals surface area contributed by atoms with E-state index in [1.165, 1.54) is 0 Å². The molecule has 4 nitrogen and oxygen atoms in total. The molecule has 1 aliphatic rings. The highest BCUT2D eigenvalue weighted by Crippen LogP contribution is 2.05. The van der Waals surface area contributed by atoms with Gasteiger partial charge in [-0.1, -0.05) is 0 Å². The molecule has 10 heavy (non-hydrogen) atoms. The first kappa shape index (κ1) is 7.50. The van der Waals surface area contributed by atoms with Crippen LogP contribution in [0, 0.1) is 0 Å². The van der Waals surface area contributed by atoms with Crippen LogP contribution in [0.25, 0.3) is 0 Å². The first-order chi connectivity index (χ1) is 4.83. The number of carbonyl (C=O) groups excluding carboxylic acids is 1. The first-order valence-corrected chi connectivity index (χ1v) is 3.49. The minimum absolute atomic E-state index is 0.139. The fourth-order valence-electron chi connectivity index (χ4n) is 0.936. The van der Waals surface area contributed by atoms with Gasteiger partial charge in [0.2, 0.25) is 0 Å². The van der Waals surface area contributed by atoms with Gasteiger partial charge in [0.25, 0.3) is 0 Å². The van der Waals surface area contributed by atoms with Crippen molar-refractivity contribution in [2.24, 2.45) is 5.73 Å². The van der Waals surface area contributed by atoms with E-state index >= 15 is 0 Å². The Hall–Kier alpha value is -0.610. The highest BCUT2D eigenvalue weighted by atomic mass is 16.7. The molecule has 0 saturated carbocycles. The molecule has 1 rings (SSSR count). The van der Waals surface area contributed by atoms with Crippen molar-refractivity contribution in [1.29, 1.82) is 0 Å². The van der Waals surface area contributed by atoms with Gasteiger partial charge in [0, 0.05) is 26.1 Å². The number of nitrogens with zero attached hydrogens (tertiary/aromatic N) is 1. The van der Waals surface area contributed by atoms with Gasteiger partial charge in [-0.2, -0.15) is 0 Å². The summed E-state index contributed by atoms with van der Waals surface area (Å²) in [5.41, 5.74) is 5.27. The number of rotatable bonds is 2. The molecular weight excluding hydrogens is 132 g/mol. The lowest BCUT2D eigenvalue weighted by atomic mass is 10.3. The van der Waals surface area contributed by atoms with Crippen molar-refractivity contribution in [3.63, 3.8) is 0 Å². The Morgan fingerprint density at radius 3 is 3.10 bits per heavy atom. The largest absolute Gasteiger partial charge is 0.368 e. The second-order valence-electron chi connectivity index (χ2n) is 2.28. The van der Waals surface area contributed by atoms with Crippen LogP contribution in [-0.2, 0) is 9.63 Å². The Balaban J connectivity index is 2.25. The maximum Gasteiger partial charge on any atom is 0.325 e. The van der Waals surface area contributed by atoms with Gasteiger partial charge in [-0.05, 0) is 6.42 Å². The standard InChI is InChI=1S/C6H12N2O2/c7-3-5-8-4-1-2-6(9)10-8/h1-5,7H2. The third kappa shape index (κ3) is 1.97. The highest BCUT2D eigenvalue weighted by molar-refractivity contribution is 5.69. The van der Waals surface area contributed by atoms with Crippen molar-refractivity contribution in [2.45, 2.75) is 12.8 Å². The van der Waals surface area contributed by atoms with Crippen LogP contribution in [0.15, 0.2) is 0 Å². The van der Waals surface area contributed by atoms with Crippen LogP contribution in [-0.4, -0.2) is 30.7 Å². The Bertz CT molecular complexity index is 125. The lowest BCUT2D eigenvalue weighted by molar-refractivity contribution is -0.199. The molecule has 1 saturated heterocycles. The Labute approximate surface area is 59.9 Å². The lowest BCUT2D eigenvalue weighted by Gasteiger charge is -2.23. The molecule has 0 radical (unpaired) electrons. The lowest BCUT2D eigenvalue weighted by Crippen LogP contribution is -2.36. The topological polar surface area (TPSA) is 55.6 Å². The quantitative estimate of drug-likeness (QED) is 0.567. The molecule has 4 heteroatoms. The van der Waals surface area contributed by atoms with Crippen LogP contribution >= 0.6 is 0 Å². The van der Waals surface area contributed by atoms with E-state index in [1.807, 2.05) is 0 Å². The first-order valence-electron chi connectivity index (χ1n) is 3.49. The van der Waals surface area contributed by atoms with Crippen molar-refractivity contribution < 1.29 is 9.63 Å². The van der Waals surface area contributed by atoms with Crippen molar-refractivity contribution >= 4 is 5.97 Å². The van der Waals surface area contributed by atoms with E-state index in [0.717, 1.165) is 13.0 Å². The summed E-state index contributed by atoms with van der Waals surface area (Å²) in [6.45, 7) is 2.00. The van der Waals surface area contributed by atoms with E-state index in [1.54, 1.807) is 5.06 Å². The van der Waals surface area contributed by atoms with Crippen molar-refractivity contribution in [3.8, 4) is 0 Å². The maximum absolute atomic E-state index is 10.6. The zero-order valence-electron chi connectivity index (χ0n) is 5.88. The molecule has 0 amide bonds. The Morgan fingerprint density at radius 1 is 1.70 bits per heavy atom. The molecule has 0 aliphatic carbocycles. The highest BCUT2D eigenvalue weighted by Gasteiger charge is 2.16. The summed E-state index contributed by atoms with van der Waals surface area (Å²) >= 11 is 0. The van der Waals surface area contributed by atoms with Gasteiger partial charge in [0.1, 0.15) is 0 Å². The average molecular weight is 144 g/mol. The third-order valence-corrected chi connectivity index (χ3v) is 1.40. The Kier molecular flexibility index (Phi) is 2.65. The predicted molar refractivity (Wildman–Crippen MR) is 36.0 cm³/mol. The van der Waals surface area contributed by atoms with Gasteiger partial charge in [0.15, 0.2) is 0 Å². The summed E-state index contributed by atoms with van der Waals surface area (Å²) in [5, 5.41) is 1.62. The smallest absolute Gasteiger partial charge is 0.325 e. The van der Waals surface area contributed by atoms with Crippen molar-refractivity contribution in [1.82, 2.24) is 5.06 Å². The molecule has 0 bridgehead atoms. The van der Waals surface area contributed by atoms with Gasteiger partial charge in [-0.15, -0.1) is 5.06 Å². The van der Waals surface area contributed by atoms with E-state index in [0.29, 0.717) is 19.5 Å². The summed E-state index contributed by atoms with van der Waals surface area (Å²) in [4.78, 5) is 15.5. The molecule has 0 aromatic heterocycles. The molecule has 0 aromatic carbocycles. The van der Waals surface area contributed by atoms with Crippen LogP contribution in [0.1, 0.15) is 12.8 Å². The molecule has 1 fully saturated rings. The molecular formula is C6H12N2O2. The van der Waals surface area contributed by atoms with Crippen molar-refractivity contribution in [2.75, 3.05) is 19.6 Å². The molecule has 0 aromatic rings. The van der Waals surface area contributed by atoms with Gasteiger partial charge in [-0.25, -0.2) is 0 Å². The second kappa shape index (κ2) is 3.53. The number of hydroxylamine groups is 2.